The first kappa shape index (κ1) is 15.3. The maximum absolute atomic E-state index is 11.9. The van der Waals surface area contributed by atoms with Gasteiger partial charge in [0, 0.05) is 12.6 Å². The van der Waals surface area contributed by atoms with E-state index in [-0.39, 0.29) is 18.6 Å². The number of hydrogen-bond donors (Lipinski definition) is 1. The largest absolute Gasteiger partial charge is 0.484 e. The van der Waals surface area contributed by atoms with Crippen LogP contribution in [0.4, 0.5) is 0 Å². The summed E-state index contributed by atoms with van der Waals surface area (Å²) in [7, 11) is 0. The lowest BCUT2D eigenvalue weighted by Crippen LogP contribution is -2.48. The minimum absolute atomic E-state index is 0.00846. The van der Waals surface area contributed by atoms with Crippen molar-refractivity contribution >= 4 is 5.91 Å². The average molecular weight is 287 g/mol. The second-order valence-corrected chi connectivity index (χ2v) is 5.22. The fourth-order valence-corrected chi connectivity index (χ4v) is 2.50. The summed E-state index contributed by atoms with van der Waals surface area (Å²) in [6.45, 7) is 5.20. The van der Waals surface area contributed by atoms with Gasteiger partial charge in [0.25, 0.3) is 5.91 Å². The number of nitrogens with one attached hydrogen (secondary N) is 1. The summed E-state index contributed by atoms with van der Waals surface area (Å²) < 4.78 is 5.43. The number of likely N-dealkylation sites (N-methyl/N-ethyl adjacent to an activating group) is 1. The topological polar surface area (TPSA) is 65.4 Å². The number of piperidine rings is 1. The fraction of sp³-hybridized carbons (Fsp3) is 0.500. The molecule has 1 aliphatic rings. The molecule has 0 spiro atoms. The molecule has 21 heavy (non-hydrogen) atoms. The van der Waals surface area contributed by atoms with Gasteiger partial charge in [0.15, 0.2) is 6.61 Å². The monoisotopic (exact) mass is 287 g/mol. The lowest BCUT2D eigenvalue weighted by molar-refractivity contribution is -0.124. The molecule has 1 saturated heterocycles. The molecular formula is C16H21N3O2. The summed E-state index contributed by atoms with van der Waals surface area (Å²) in [5.41, 5.74) is 0.577. The first-order valence-electron chi connectivity index (χ1n) is 7.36. The molecule has 1 fully saturated rings. The smallest absolute Gasteiger partial charge is 0.258 e. The number of benzene rings is 1. The molecule has 1 heterocycles. The second-order valence-electron chi connectivity index (χ2n) is 5.22. The Morgan fingerprint density at radius 1 is 1.48 bits per heavy atom. The highest BCUT2D eigenvalue weighted by Gasteiger charge is 2.20. The first-order valence-corrected chi connectivity index (χ1v) is 7.36. The molecule has 1 aromatic carbocycles. The molecule has 2 rings (SSSR count). The number of carbonyl (C=O) groups excluding carboxylic acids is 1. The quantitative estimate of drug-likeness (QED) is 0.892. The Bertz CT molecular complexity index is 507. The molecule has 112 valence electrons. The average Bonchev–Trinajstić information content (AvgIpc) is 2.53. The molecule has 0 saturated carbocycles. The van der Waals surface area contributed by atoms with Crippen LogP contribution in [0.1, 0.15) is 25.3 Å². The van der Waals surface area contributed by atoms with Gasteiger partial charge in [-0.1, -0.05) is 6.92 Å². The van der Waals surface area contributed by atoms with E-state index in [0.717, 1.165) is 32.5 Å². The van der Waals surface area contributed by atoms with Gasteiger partial charge in [-0.15, -0.1) is 0 Å². The van der Waals surface area contributed by atoms with Crippen LogP contribution < -0.4 is 10.1 Å². The maximum atomic E-state index is 11.9. The van der Waals surface area contributed by atoms with Gasteiger partial charge in [0.2, 0.25) is 0 Å². The molecule has 1 N–H and O–H groups in total. The Balaban J connectivity index is 1.75. The summed E-state index contributed by atoms with van der Waals surface area (Å²) >= 11 is 0. The van der Waals surface area contributed by atoms with Gasteiger partial charge < -0.3 is 15.0 Å². The molecule has 0 aromatic heterocycles. The Morgan fingerprint density at radius 2 is 2.24 bits per heavy atom. The van der Waals surface area contributed by atoms with Crippen LogP contribution in [0, 0.1) is 11.3 Å². The predicted molar refractivity (Wildman–Crippen MR) is 79.9 cm³/mol. The van der Waals surface area contributed by atoms with E-state index in [1.54, 1.807) is 24.3 Å². The van der Waals surface area contributed by atoms with Gasteiger partial charge in [-0.2, -0.15) is 5.26 Å². The van der Waals surface area contributed by atoms with Gasteiger partial charge in [0.05, 0.1) is 11.6 Å². The highest BCUT2D eigenvalue weighted by Crippen LogP contribution is 2.12. The van der Waals surface area contributed by atoms with Crippen LogP contribution in [0.15, 0.2) is 24.3 Å². The number of nitrogens with zero attached hydrogens (tertiary/aromatic N) is 2. The summed E-state index contributed by atoms with van der Waals surface area (Å²) in [5, 5.41) is 11.7. The molecule has 5 nitrogen and oxygen atoms in total. The highest BCUT2D eigenvalue weighted by atomic mass is 16.5. The lowest BCUT2D eigenvalue weighted by atomic mass is 10.1. The fourth-order valence-electron chi connectivity index (χ4n) is 2.50. The van der Waals surface area contributed by atoms with Crippen molar-refractivity contribution in [1.29, 1.82) is 5.26 Å². The minimum atomic E-state index is -0.0951. The van der Waals surface area contributed by atoms with Crippen LogP contribution in [0.2, 0.25) is 0 Å². The van der Waals surface area contributed by atoms with E-state index in [9.17, 15) is 4.79 Å². The summed E-state index contributed by atoms with van der Waals surface area (Å²) in [6, 6.07) is 9.01. The van der Waals surface area contributed by atoms with E-state index in [1.807, 2.05) is 6.07 Å². The Hall–Kier alpha value is -2.06. The van der Waals surface area contributed by atoms with E-state index < -0.39 is 0 Å². The highest BCUT2D eigenvalue weighted by molar-refractivity contribution is 5.77. The zero-order valence-corrected chi connectivity index (χ0v) is 12.3. The van der Waals surface area contributed by atoms with Crippen LogP contribution in [0.3, 0.4) is 0 Å². The van der Waals surface area contributed by atoms with Crippen molar-refractivity contribution < 1.29 is 9.53 Å². The second kappa shape index (κ2) is 7.65. The van der Waals surface area contributed by atoms with E-state index in [2.05, 4.69) is 17.1 Å². The van der Waals surface area contributed by atoms with E-state index in [4.69, 9.17) is 10.00 Å². The number of ether oxygens (including phenoxy) is 1. The molecule has 1 atom stereocenters. The summed E-state index contributed by atoms with van der Waals surface area (Å²) in [5.74, 6) is 0.505. The predicted octanol–water partition coefficient (Wildman–Crippen LogP) is 1.54. The third-order valence-electron chi connectivity index (χ3n) is 3.67. The molecule has 1 aromatic rings. The Labute approximate surface area is 125 Å². The standard InChI is InChI=1S/C16H21N3O2/c1-2-19-9-3-4-14(11-19)18-16(20)12-21-15-7-5-13(10-17)6-8-15/h5-8,14H,2-4,9,11-12H2,1H3,(H,18,20). The van der Waals surface area contributed by atoms with Gasteiger partial charge in [-0.3, -0.25) is 4.79 Å². The number of carbonyl (C=O) groups is 1. The van der Waals surface area contributed by atoms with Crippen LogP contribution in [0.25, 0.3) is 0 Å². The van der Waals surface area contributed by atoms with Gasteiger partial charge in [0.1, 0.15) is 5.75 Å². The first-order chi connectivity index (χ1) is 10.2. The summed E-state index contributed by atoms with van der Waals surface area (Å²) in [4.78, 5) is 14.2. The molecule has 1 unspecified atom stereocenters. The zero-order valence-electron chi connectivity index (χ0n) is 12.3. The Kier molecular flexibility index (Phi) is 5.59. The molecular weight excluding hydrogens is 266 g/mol. The van der Waals surface area contributed by atoms with E-state index >= 15 is 0 Å². The van der Waals surface area contributed by atoms with Crippen LogP contribution in [-0.2, 0) is 4.79 Å². The van der Waals surface area contributed by atoms with Crippen LogP contribution >= 0.6 is 0 Å². The number of hydrogen-bond acceptors (Lipinski definition) is 4. The number of rotatable bonds is 5. The third kappa shape index (κ3) is 4.76. The maximum Gasteiger partial charge on any atom is 0.258 e. The van der Waals surface area contributed by atoms with Crippen molar-refractivity contribution in [1.82, 2.24) is 10.2 Å². The molecule has 0 bridgehead atoms. The lowest BCUT2D eigenvalue weighted by Gasteiger charge is -2.32. The number of nitriles is 1. The molecule has 1 amide bonds. The van der Waals surface area contributed by atoms with Crippen molar-refractivity contribution in [3.63, 3.8) is 0 Å². The minimum Gasteiger partial charge on any atom is -0.484 e. The zero-order chi connectivity index (χ0) is 15.1. The number of amides is 1. The van der Waals surface area contributed by atoms with Crippen molar-refractivity contribution in [2.75, 3.05) is 26.2 Å². The van der Waals surface area contributed by atoms with E-state index in [1.165, 1.54) is 0 Å². The number of likely N-dealkylation sites (tertiary alicyclic amines) is 1. The van der Waals surface area contributed by atoms with Gasteiger partial charge in [-0.25, -0.2) is 0 Å². The molecule has 5 heteroatoms. The van der Waals surface area contributed by atoms with Crippen molar-refractivity contribution in [3.8, 4) is 11.8 Å². The van der Waals surface area contributed by atoms with Gasteiger partial charge in [-0.05, 0) is 50.2 Å². The van der Waals surface area contributed by atoms with Gasteiger partial charge >= 0.3 is 0 Å². The summed E-state index contributed by atoms with van der Waals surface area (Å²) in [6.07, 6.45) is 2.15. The van der Waals surface area contributed by atoms with Crippen molar-refractivity contribution in [3.05, 3.63) is 29.8 Å². The molecule has 0 aliphatic carbocycles. The molecule has 0 radical (unpaired) electrons. The van der Waals surface area contributed by atoms with Crippen molar-refractivity contribution in [2.24, 2.45) is 0 Å². The Morgan fingerprint density at radius 3 is 2.90 bits per heavy atom. The molecule has 1 aliphatic heterocycles. The third-order valence-corrected chi connectivity index (χ3v) is 3.67. The SMILES string of the molecule is CCN1CCCC(NC(=O)COc2ccc(C#N)cc2)C1. The van der Waals surface area contributed by atoms with Crippen LogP contribution in [0.5, 0.6) is 5.75 Å². The van der Waals surface area contributed by atoms with Crippen molar-refractivity contribution in [2.45, 2.75) is 25.8 Å². The van der Waals surface area contributed by atoms with Crippen LogP contribution in [-0.4, -0.2) is 43.1 Å². The van der Waals surface area contributed by atoms with E-state index in [0.29, 0.717) is 11.3 Å². The normalized spacial score (nSPS) is 18.8.